The molecule has 0 atom stereocenters. The molecule has 1 N–H and O–H groups in total. The minimum atomic E-state index is -0.962. The zero-order valence-electron chi connectivity index (χ0n) is 12.2. The molecule has 2 aromatic carbocycles. The second-order valence-corrected chi connectivity index (χ2v) is 5.15. The van der Waals surface area contributed by atoms with E-state index in [1.54, 1.807) is 4.90 Å². The first kappa shape index (κ1) is 15.9. The van der Waals surface area contributed by atoms with Crippen LogP contribution in [0.5, 0.6) is 0 Å². The highest BCUT2D eigenvalue weighted by atomic mass is 19.1. The van der Waals surface area contributed by atoms with Gasteiger partial charge in [0.1, 0.15) is 11.6 Å². The minimum Gasteiger partial charge on any atom is -0.481 e. The number of carboxylic acid groups (broad SMARTS) is 1. The van der Waals surface area contributed by atoms with Crippen molar-refractivity contribution in [2.24, 2.45) is 0 Å². The van der Waals surface area contributed by atoms with Crippen molar-refractivity contribution < 1.29 is 18.7 Å². The fourth-order valence-electron chi connectivity index (χ4n) is 2.17. The molecule has 5 heteroatoms. The highest BCUT2D eigenvalue weighted by Crippen LogP contribution is 2.22. The van der Waals surface area contributed by atoms with E-state index in [0.29, 0.717) is 6.54 Å². The topological polar surface area (TPSA) is 40.5 Å². The summed E-state index contributed by atoms with van der Waals surface area (Å²) in [7, 11) is 0. The summed E-state index contributed by atoms with van der Waals surface area (Å²) in [6.45, 7) is 2.47. The van der Waals surface area contributed by atoms with Crippen molar-refractivity contribution in [1.82, 2.24) is 0 Å². The normalized spacial score (nSPS) is 10.5. The molecule has 0 aromatic heterocycles. The lowest BCUT2D eigenvalue weighted by Crippen LogP contribution is -2.26. The van der Waals surface area contributed by atoms with Crippen LogP contribution in [0.3, 0.4) is 0 Å². The number of halogens is 2. The molecular formula is C17H17F2NO2. The third-order valence-corrected chi connectivity index (χ3v) is 3.34. The number of rotatable bonds is 6. The maximum atomic E-state index is 14.0. The molecule has 0 fully saturated rings. The SMILES string of the molecule is Cc1ccc(CN(CCC(=O)O)c2ccc(F)cc2F)cc1. The lowest BCUT2D eigenvalue weighted by atomic mass is 10.1. The minimum absolute atomic E-state index is 0.122. The van der Waals surface area contributed by atoms with E-state index in [1.807, 2.05) is 31.2 Å². The Kier molecular flexibility index (Phi) is 5.09. The molecule has 116 valence electrons. The zero-order valence-corrected chi connectivity index (χ0v) is 12.2. The number of aryl methyl sites for hydroxylation is 1. The summed E-state index contributed by atoms with van der Waals surface area (Å²) in [5, 5.41) is 8.84. The molecule has 0 radical (unpaired) electrons. The molecular weight excluding hydrogens is 288 g/mol. The maximum Gasteiger partial charge on any atom is 0.305 e. The van der Waals surface area contributed by atoms with E-state index in [-0.39, 0.29) is 18.7 Å². The first-order chi connectivity index (χ1) is 10.5. The van der Waals surface area contributed by atoms with Crippen LogP contribution >= 0.6 is 0 Å². The van der Waals surface area contributed by atoms with Gasteiger partial charge >= 0.3 is 5.97 Å². The number of carbonyl (C=O) groups is 1. The Labute approximate surface area is 127 Å². The fraction of sp³-hybridized carbons (Fsp3) is 0.235. The number of benzene rings is 2. The van der Waals surface area contributed by atoms with Gasteiger partial charge in [0.15, 0.2) is 0 Å². The van der Waals surface area contributed by atoms with Gasteiger partial charge in [-0.15, -0.1) is 0 Å². The average molecular weight is 305 g/mol. The fourth-order valence-corrected chi connectivity index (χ4v) is 2.17. The lowest BCUT2D eigenvalue weighted by molar-refractivity contribution is -0.136. The van der Waals surface area contributed by atoms with Crippen molar-refractivity contribution in [2.45, 2.75) is 19.9 Å². The van der Waals surface area contributed by atoms with Crippen LogP contribution in [0.4, 0.5) is 14.5 Å². The van der Waals surface area contributed by atoms with Crippen molar-refractivity contribution in [3.8, 4) is 0 Å². The molecule has 0 heterocycles. The molecule has 0 unspecified atom stereocenters. The van der Waals surface area contributed by atoms with Gasteiger partial charge in [0.25, 0.3) is 0 Å². The van der Waals surface area contributed by atoms with Crippen molar-refractivity contribution >= 4 is 11.7 Å². The molecule has 0 aliphatic rings. The van der Waals surface area contributed by atoms with E-state index >= 15 is 0 Å². The Bertz CT molecular complexity index is 656. The van der Waals surface area contributed by atoms with Gasteiger partial charge in [0, 0.05) is 19.2 Å². The van der Waals surface area contributed by atoms with Crippen LogP contribution in [-0.2, 0) is 11.3 Å². The van der Waals surface area contributed by atoms with Crippen molar-refractivity contribution in [3.05, 3.63) is 65.2 Å². The van der Waals surface area contributed by atoms with E-state index in [1.165, 1.54) is 12.1 Å². The average Bonchev–Trinajstić information content (AvgIpc) is 2.46. The Morgan fingerprint density at radius 1 is 1.14 bits per heavy atom. The second kappa shape index (κ2) is 7.02. The number of hydrogen-bond donors (Lipinski definition) is 1. The van der Waals surface area contributed by atoms with Crippen LogP contribution in [-0.4, -0.2) is 17.6 Å². The van der Waals surface area contributed by atoms with Crippen LogP contribution in [0.2, 0.25) is 0 Å². The van der Waals surface area contributed by atoms with E-state index in [0.717, 1.165) is 17.2 Å². The van der Waals surface area contributed by atoms with Gasteiger partial charge in [-0.3, -0.25) is 4.79 Å². The molecule has 22 heavy (non-hydrogen) atoms. The van der Waals surface area contributed by atoms with E-state index < -0.39 is 17.6 Å². The maximum absolute atomic E-state index is 14.0. The molecule has 0 saturated heterocycles. The molecule has 0 saturated carbocycles. The summed E-state index contributed by atoms with van der Waals surface area (Å²) in [6.07, 6.45) is -0.122. The van der Waals surface area contributed by atoms with Gasteiger partial charge < -0.3 is 10.0 Å². The number of anilines is 1. The molecule has 0 amide bonds. The summed E-state index contributed by atoms with van der Waals surface area (Å²) >= 11 is 0. The molecule has 0 bridgehead atoms. The number of aliphatic carboxylic acids is 1. The van der Waals surface area contributed by atoms with Crippen molar-refractivity contribution in [1.29, 1.82) is 0 Å². The Hall–Kier alpha value is -2.43. The van der Waals surface area contributed by atoms with Gasteiger partial charge in [-0.2, -0.15) is 0 Å². The molecule has 2 aromatic rings. The summed E-state index contributed by atoms with van der Waals surface area (Å²) in [4.78, 5) is 12.4. The smallest absolute Gasteiger partial charge is 0.305 e. The lowest BCUT2D eigenvalue weighted by Gasteiger charge is -2.25. The van der Waals surface area contributed by atoms with Gasteiger partial charge in [0.05, 0.1) is 12.1 Å². The molecule has 0 spiro atoms. The summed E-state index contributed by atoms with van der Waals surface area (Å²) in [5.41, 5.74) is 2.23. The van der Waals surface area contributed by atoms with Crippen LogP contribution in [0.15, 0.2) is 42.5 Å². The first-order valence-corrected chi connectivity index (χ1v) is 6.93. The molecule has 2 rings (SSSR count). The van der Waals surface area contributed by atoms with Crippen molar-refractivity contribution in [2.75, 3.05) is 11.4 Å². The molecule has 0 aliphatic heterocycles. The van der Waals surface area contributed by atoms with E-state index in [4.69, 9.17) is 5.11 Å². The Morgan fingerprint density at radius 3 is 2.41 bits per heavy atom. The number of hydrogen-bond acceptors (Lipinski definition) is 2. The second-order valence-electron chi connectivity index (χ2n) is 5.15. The largest absolute Gasteiger partial charge is 0.481 e. The predicted octanol–water partition coefficient (Wildman–Crippen LogP) is 3.75. The third-order valence-electron chi connectivity index (χ3n) is 3.34. The van der Waals surface area contributed by atoms with Crippen LogP contribution in [0.25, 0.3) is 0 Å². The highest BCUT2D eigenvalue weighted by Gasteiger charge is 2.14. The highest BCUT2D eigenvalue weighted by molar-refractivity contribution is 5.67. The van der Waals surface area contributed by atoms with Crippen LogP contribution < -0.4 is 4.90 Å². The monoisotopic (exact) mass is 305 g/mol. The van der Waals surface area contributed by atoms with Crippen LogP contribution in [0.1, 0.15) is 17.5 Å². The number of carboxylic acids is 1. The summed E-state index contributed by atoms with van der Waals surface area (Å²) < 4.78 is 27.0. The summed E-state index contributed by atoms with van der Waals surface area (Å²) in [5.74, 6) is -2.32. The van der Waals surface area contributed by atoms with Gasteiger partial charge in [-0.25, -0.2) is 8.78 Å². The van der Waals surface area contributed by atoms with Gasteiger partial charge in [0.2, 0.25) is 0 Å². The van der Waals surface area contributed by atoms with E-state index in [9.17, 15) is 13.6 Å². The third kappa shape index (κ3) is 4.28. The molecule has 0 aliphatic carbocycles. The standard InChI is InChI=1S/C17H17F2NO2/c1-12-2-4-13(5-3-12)11-20(9-8-17(21)22)16-7-6-14(18)10-15(16)19/h2-7,10H,8-9,11H2,1H3,(H,21,22). The first-order valence-electron chi connectivity index (χ1n) is 6.93. The molecule has 3 nitrogen and oxygen atoms in total. The van der Waals surface area contributed by atoms with Crippen LogP contribution in [0, 0.1) is 18.6 Å². The Morgan fingerprint density at radius 2 is 1.82 bits per heavy atom. The quantitative estimate of drug-likeness (QED) is 0.883. The van der Waals surface area contributed by atoms with Crippen molar-refractivity contribution in [3.63, 3.8) is 0 Å². The van der Waals surface area contributed by atoms with Gasteiger partial charge in [-0.05, 0) is 24.6 Å². The van der Waals surface area contributed by atoms with E-state index in [2.05, 4.69) is 0 Å². The number of nitrogens with zero attached hydrogens (tertiary/aromatic N) is 1. The predicted molar refractivity (Wildman–Crippen MR) is 80.8 cm³/mol. The van der Waals surface area contributed by atoms with Gasteiger partial charge in [-0.1, -0.05) is 29.8 Å². The Balaban J connectivity index is 2.25. The zero-order chi connectivity index (χ0) is 16.1. The summed E-state index contributed by atoms with van der Waals surface area (Å²) in [6, 6.07) is 11.0.